The molecule has 136 valence electrons. The average Bonchev–Trinajstić information content (AvgIpc) is 2.61. The number of nitrogens with one attached hydrogen (secondary N) is 1. The molecule has 2 aromatic carbocycles. The summed E-state index contributed by atoms with van der Waals surface area (Å²) in [5.41, 5.74) is 2.14. The van der Waals surface area contributed by atoms with E-state index in [1.165, 1.54) is 11.8 Å². The van der Waals surface area contributed by atoms with Gasteiger partial charge in [0.1, 0.15) is 0 Å². The van der Waals surface area contributed by atoms with Gasteiger partial charge in [0.2, 0.25) is 5.91 Å². The first kappa shape index (κ1) is 19.1. The SMILES string of the molecule is CC(C)N(Cc1ccc(Cl)c(Cl)c1)C(=O)c1ccc2c(c1)NC(=O)CS2. The summed E-state index contributed by atoms with van der Waals surface area (Å²) in [6.45, 7) is 4.35. The number of hydrogen-bond acceptors (Lipinski definition) is 3. The summed E-state index contributed by atoms with van der Waals surface area (Å²) in [6, 6.07) is 10.8. The molecule has 0 aliphatic carbocycles. The number of fused-ring (bicyclic) bond motifs is 1. The standard InChI is InChI=1S/C19H18Cl2N2O2S/c1-11(2)23(9-12-3-5-14(20)15(21)7-12)19(25)13-4-6-17-16(8-13)22-18(24)10-26-17/h3-8,11H,9-10H2,1-2H3,(H,22,24). The summed E-state index contributed by atoms with van der Waals surface area (Å²) in [4.78, 5) is 27.4. The van der Waals surface area contributed by atoms with E-state index in [4.69, 9.17) is 23.2 Å². The van der Waals surface area contributed by atoms with E-state index in [2.05, 4.69) is 5.32 Å². The molecule has 0 fully saturated rings. The van der Waals surface area contributed by atoms with E-state index < -0.39 is 0 Å². The minimum Gasteiger partial charge on any atom is -0.332 e. The van der Waals surface area contributed by atoms with Crippen molar-refractivity contribution in [3.8, 4) is 0 Å². The third-order valence-corrected chi connectivity index (χ3v) is 5.89. The van der Waals surface area contributed by atoms with Crippen LogP contribution >= 0.6 is 35.0 Å². The van der Waals surface area contributed by atoms with Gasteiger partial charge in [-0.2, -0.15) is 0 Å². The second-order valence-corrected chi connectivity index (χ2v) is 8.15. The van der Waals surface area contributed by atoms with Gasteiger partial charge in [0.15, 0.2) is 0 Å². The number of halogens is 2. The third-order valence-electron chi connectivity index (χ3n) is 4.08. The van der Waals surface area contributed by atoms with Crippen molar-refractivity contribution in [3.05, 3.63) is 57.6 Å². The molecule has 1 aliphatic heterocycles. The first-order valence-electron chi connectivity index (χ1n) is 8.16. The van der Waals surface area contributed by atoms with E-state index in [0.717, 1.165) is 10.5 Å². The normalized spacial score (nSPS) is 13.3. The molecular formula is C19H18Cl2N2O2S. The highest BCUT2D eigenvalue weighted by Crippen LogP contribution is 2.32. The van der Waals surface area contributed by atoms with Crippen LogP contribution in [0.4, 0.5) is 5.69 Å². The van der Waals surface area contributed by atoms with Gasteiger partial charge in [-0.15, -0.1) is 11.8 Å². The molecule has 2 aromatic rings. The summed E-state index contributed by atoms with van der Waals surface area (Å²) in [7, 11) is 0. The Morgan fingerprint density at radius 3 is 2.65 bits per heavy atom. The number of carbonyl (C=O) groups is 2. The lowest BCUT2D eigenvalue weighted by atomic mass is 10.1. The van der Waals surface area contributed by atoms with E-state index in [1.54, 1.807) is 29.2 Å². The number of nitrogens with zero attached hydrogens (tertiary/aromatic N) is 1. The molecule has 2 amide bonds. The van der Waals surface area contributed by atoms with Crippen LogP contribution in [0.15, 0.2) is 41.3 Å². The zero-order valence-electron chi connectivity index (χ0n) is 14.4. The Labute approximate surface area is 166 Å². The molecule has 7 heteroatoms. The fourth-order valence-electron chi connectivity index (χ4n) is 2.71. The van der Waals surface area contributed by atoms with E-state index >= 15 is 0 Å². The fraction of sp³-hybridized carbons (Fsp3) is 0.263. The van der Waals surface area contributed by atoms with Gasteiger partial charge < -0.3 is 10.2 Å². The molecule has 0 saturated carbocycles. The quantitative estimate of drug-likeness (QED) is 0.766. The van der Waals surface area contributed by atoms with Crippen molar-refractivity contribution in [1.82, 2.24) is 4.90 Å². The molecule has 4 nitrogen and oxygen atoms in total. The van der Waals surface area contributed by atoms with Crippen LogP contribution in [0.2, 0.25) is 10.0 Å². The maximum Gasteiger partial charge on any atom is 0.254 e. The van der Waals surface area contributed by atoms with Gasteiger partial charge in [0.05, 0.1) is 21.5 Å². The second-order valence-electron chi connectivity index (χ2n) is 6.32. The molecule has 26 heavy (non-hydrogen) atoms. The minimum atomic E-state index is -0.0984. The van der Waals surface area contributed by atoms with Gasteiger partial charge in [-0.1, -0.05) is 29.3 Å². The number of amides is 2. The Hall–Kier alpha value is -1.69. The zero-order chi connectivity index (χ0) is 18.8. The van der Waals surface area contributed by atoms with Crippen LogP contribution in [0.3, 0.4) is 0 Å². The molecule has 3 rings (SSSR count). The minimum absolute atomic E-state index is 0.00282. The predicted molar refractivity (Wildman–Crippen MR) is 107 cm³/mol. The maximum absolute atomic E-state index is 13.1. The van der Waals surface area contributed by atoms with Gasteiger partial charge in [-0.25, -0.2) is 0 Å². The van der Waals surface area contributed by atoms with E-state index in [1.807, 2.05) is 26.0 Å². The molecule has 1 aliphatic rings. The lowest BCUT2D eigenvalue weighted by molar-refractivity contribution is -0.113. The molecule has 0 atom stereocenters. The number of anilines is 1. The van der Waals surface area contributed by atoms with Crippen LogP contribution in [0.5, 0.6) is 0 Å². The fourth-order valence-corrected chi connectivity index (χ4v) is 3.81. The van der Waals surface area contributed by atoms with Crippen molar-refractivity contribution in [2.75, 3.05) is 11.1 Å². The smallest absolute Gasteiger partial charge is 0.254 e. The number of benzene rings is 2. The zero-order valence-corrected chi connectivity index (χ0v) is 16.7. The highest BCUT2D eigenvalue weighted by molar-refractivity contribution is 8.00. The molecule has 0 saturated heterocycles. The lowest BCUT2D eigenvalue weighted by Gasteiger charge is -2.28. The Bertz CT molecular complexity index is 871. The highest BCUT2D eigenvalue weighted by Gasteiger charge is 2.22. The average molecular weight is 409 g/mol. The van der Waals surface area contributed by atoms with Crippen LogP contribution in [0, 0.1) is 0 Å². The summed E-state index contributed by atoms with van der Waals surface area (Å²) in [5.74, 6) is 0.248. The molecule has 0 spiro atoms. The number of hydrogen-bond donors (Lipinski definition) is 1. The summed E-state index contributed by atoms with van der Waals surface area (Å²) >= 11 is 13.5. The Balaban J connectivity index is 1.86. The Kier molecular flexibility index (Phi) is 5.80. The first-order chi connectivity index (χ1) is 12.3. The van der Waals surface area contributed by atoms with Gasteiger partial charge in [0, 0.05) is 23.0 Å². The molecule has 1 heterocycles. The monoisotopic (exact) mass is 408 g/mol. The number of rotatable bonds is 4. The summed E-state index contributed by atoms with van der Waals surface area (Å²) < 4.78 is 0. The van der Waals surface area contributed by atoms with Gasteiger partial charge in [-0.3, -0.25) is 9.59 Å². The van der Waals surface area contributed by atoms with Crippen LogP contribution < -0.4 is 5.32 Å². The molecule has 0 bridgehead atoms. The van der Waals surface area contributed by atoms with Crippen molar-refractivity contribution >= 4 is 52.5 Å². The Morgan fingerprint density at radius 1 is 1.19 bits per heavy atom. The van der Waals surface area contributed by atoms with E-state index in [0.29, 0.717) is 33.6 Å². The van der Waals surface area contributed by atoms with Crippen molar-refractivity contribution < 1.29 is 9.59 Å². The summed E-state index contributed by atoms with van der Waals surface area (Å²) in [5, 5.41) is 3.78. The van der Waals surface area contributed by atoms with Crippen LogP contribution in [-0.4, -0.2) is 28.5 Å². The summed E-state index contributed by atoms with van der Waals surface area (Å²) in [6.07, 6.45) is 0. The molecule has 0 aromatic heterocycles. The molecule has 0 unspecified atom stereocenters. The largest absolute Gasteiger partial charge is 0.332 e. The van der Waals surface area contributed by atoms with Crippen molar-refractivity contribution in [2.24, 2.45) is 0 Å². The van der Waals surface area contributed by atoms with Gasteiger partial charge in [-0.05, 0) is 49.7 Å². The lowest BCUT2D eigenvalue weighted by Crippen LogP contribution is -2.36. The van der Waals surface area contributed by atoms with E-state index in [-0.39, 0.29) is 17.9 Å². The van der Waals surface area contributed by atoms with Crippen LogP contribution in [0.25, 0.3) is 0 Å². The first-order valence-corrected chi connectivity index (χ1v) is 9.91. The third kappa shape index (κ3) is 4.17. The Morgan fingerprint density at radius 2 is 1.96 bits per heavy atom. The van der Waals surface area contributed by atoms with Crippen LogP contribution in [0.1, 0.15) is 29.8 Å². The van der Waals surface area contributed by atoms with Crippen molar-refractivity contribution in [3.63, 3.8) is 0 Å². The molecular weight excluding hydrogens is 391 g/mol. The van der Waals surface area contributed by atoms with Crippen molar-refractivity contribution in [1.29, 1.82) is 0 Å². The highest BCUT2D eigenvalue weighted by atomic mass is 35.5. The molecule has 1 N–H and O–H groups in total. The number of thioether (sulfide) groups is 1. The van der Waals surface area contributed by atoms with Crippen LogP contribution in [-0.2, 0) is 11.3 Å². The van der Waals surface area contributed by atoms with Crippen molar-refractivity contribution in [2.45, 2.75) is 31.3 Å². The second kappa shape index (κ2) is 7.91. The van der Waals surface area contributed by atoms with Gasteiger partial charge >= 0.3 is 0 Å². The molecule has 0 radical (unpaired) electrons. The number of carbonyl (C=O) groups excluding carboxylic acids is 2. The predicted octanol–water partition coefficient (Wildman–Crippen LogP) is 5.09. The van der Waals surface area contributed by atoms with E-state index in [9.17, 15) is 9.59 Å². The van der Waals surface area contributed by atoms with Gasteiger partial charge in [0.25, 0.3) is 5.91 Å². The maximum atomic E-state index is 13.1. The topological polar surface area (TPSA) is 49.4 Å².